The van der Waals surface area contributed by atoms with Gasteiger partial charge in [0.1, 0.15) is 0 Å². The van der Waals surface area contributed by atoms with Crippen molar-refractivity contribution >= 4 is 16.7 Å². The zero-order valence-corrected chi connectivity index (χ0v) is 24.6. The Hall–Kier alpha value is -2.29. The van der Waals surface area contributed by atoms with Crippen LogP contribution in [0.15, 0.2) is 54.3 Å². The number of benzene rings is 2. The predicted octanol–water partition coefficient (Wildman–Crippen LogP) is 8.49. The minimum Gasteiger partial charge on any atom is -0.512 e. The van der Waals surface area contributed by atoms with E-state index in [0.29, 0.717) is 0 Å². The van der Waals surface area contributed by atoms with Crippen LogP contribution >= 0.6 is 0 Å². The van der Waals surface area contributed by atoms with E-state index in [1.54, 1.807) is 0 Å². The maximum absolute atomic E-state index is 11.7. The molecule has 1 aromatic heterocycles. The molecule has 35 heavy (non-hydrogen) atoms. The SMILES string of the molecule is CCC(CC)C(=O)/C=C(\O)C(CC)CC.Cc1[c-]c(-c2ccc3c(C)cccc3n2)cc(C)c1.[Ir]. The van der Waals surface area contributed by atoms with Crippen LogP contribution < -0.4 is 0 Å². The van der Waals surface area contributed by atoms with Crippen molar-refractivity contribution in [2.75, 3.05) is 0 Å². The number of fused-ring (bicyclic) bond motifs is 1. The van der Waals surface area contributed by atoms with Crippen LogP contribution in [0.4, 0.5) is 0 Å². The summed E-state index contributed by atoms with van der Waals surface area (Å²) in [7, 11) is 0. The molecule has 0 aliphatic heterocycles. The van der Waals surface area contributed by atoms with E-state index in [-0.39, 0.29) is 43.5 Å². The first-order valence-electron chi connectivity index (χ1n) is 12.6. The van der Waals surface area contributed by atoms with E-state index in [2.05, 4.69) is 69.3 Å². The number of aromatic nitrogens is 1. The van der Waals surface area contributed by atoms with Crippen molar-refractivity contribution in [1.29, 1.82) is 0 Å². The Morgan fingerprint density at radius 1 is 0.943 bits per heavy atom. The number of aryl methyl sites for hydroxylation is 3. The summed E-state index contributed by atoms with van der Waals surface area (Å²) in [4.78, 5) is 16.5. The molecule has 0 fully saturated rings. The minimum absolute atomic E-state index is 0. The molecule has 0 aliphatic rings. The number of carbonyl (C=O) groups excluding carboxylic acids is 1. The zero-order valence-electron chi connectivity index (χ0n) is 22.2. The topological polar surface area (TPSA) is 50.2 Å². The van der Waals surface area contributed by atoms with E-state index in [4.69, 9.17) is 4.98 Å². The van der Waals surface area contributed by atoms with Crippen molar-refractivity contribution in [1.82, 2.24) is 4.98 Å². The molecule has 0 atom stereocenters. The van der Waals surface area contributed by atoms with Gasteiger partial charge in [0.15, 0.2) is 5.78 Å². The van der Waals surface area contributed by atoms with Crippen LogP contribution in [0.1, 0.15) is 70.1 Å². The summed E-state index contributed by atoms with van der Waals surface area (Å²) < 4.78 is 0. The molecule has 3 rings (SSSR count). The van der Waals surface area contributed by atoms with Gasteiger partial charge in [-0.05, 0) is 49.9 Å². The number of allylic oxidation sites excluding steroid dienone is 2. The van der Waals surface area contributed by atoms with Gasteiger partial charge in [0.25, 0.3) is 0 Å². The molecule has 2 aromatic carbocycles. The Bertz CT molecular complexity index is 1110. The fourth-order valence-electron chi connectivity index (χ4n) is 4.27. The van der Waals surface area contributed by atoms with E-state index in [1.165, 1.54) is 22.6 Å². The summed E-state index contributed by atoms with van der Waals surface area (Å²) in [6.07, 6.45) is 4.91. The molecule has 1 radical (unpaired) electrons. The molecule has 0 unspecified atom stereocenters. The monoisotopic (exact) mass is 651 g/mol. The fourth-order valence-corrected chi connectivity index (χ4v) is 4.27. The van der Waals surface area contributed by atoms with Gasteiger partial charge >= 0.3 is 0 Å². The number of aliphatic hydroxyl groups excluding tert-OH is 1. The molecule has 0 saturated carbocycles. The molecule has 1 N–H and O–H groups in total. The second-order valence-electron chi connectivity index (χ2n) is 9.09. The van der Waals surface area contributed by atoms with Crippen LogP contribution in [0.5, 0.6) is 0 Å². The number of hydrogen-bond acceptors (Lipinski definition) is 3. The van der Waals surface area contributed by atoms with Gasteiger partial charge in [-0.2, -0.15) is 0 Å². The normalized spacial score (nSPS) is 11.3. The maximum atomic E-state index is 11.7. The first-order valence-corrected chi connectivity index (χ1v) is 12.6. The third-order valence-electron chi connectivity index (χ3n) is 6.46. The van der Waals surface area contributed by atoms with Crippen molar-refractivity contribution in [3.05, 3.63) is 77.1 Å². The van der Waals surface area contributed by atoms with Crippen molar-refractivity contribution in [2.45, 2.75) is 74.1 Å². The second kappa shape index (κ2) is 15.0. The number of hydrogen-bond donors (Lipinski definition) is 1. The molecular weight excluding hydrogens is 611 g/mol. The molecule has 0 bridgehead atoms. The molecule has 0 aliphatic carbocycles. The van der Waals surface area contributed by atoms with E-state index in [1.807, 2.05) is 27.7 Å². The summed E-state index contributed by atoms with van der Waals surface area (Å²) in [6.45, 7) is 14.4. The smallest absolute Gasteiger partial charge is 0.162 e. The molecule has 1 heterocycles. The number of ketones is 1. The molecular formula is C31H40IrNO2-. The van der Waals surface area contributed by atoms with E-state index in [9.17, 15) is 9.90 Å². The van der Waals surface area contributed by atoms with Gasteiger partial charge in [0.05, 0.1) is 11.3 Å². The minimum atomic E-state index is 0. The van der Waals surface area contributed by atoms with Gasteiger partial charge < -0.3 is 5.11 Å². The zero-order chi connectivity index (χ0) is 25.3. The van der Waals surface area contributed by atoms with Crippen LogP contribution in [-0.4, -0.2) is 15.9 Å². The fraction of sp³-hybridized carbons (Fsp3) is 0.419. The Kier molecular flexibility index (Phi) is 13.1. The largest absolute Gasteiger partial charge is 0.512 e. The van der Waals surface area contributed by atoms with Gasteiger partial charge in [0, 0.05) is 43.4 Å². The first kappa shape index (κ1) is 30.7. The second-order valence-corrected chi connectivity index (χ2v) is 9.09. The van der Waals surface area contributed by atoms with Crippen LogP contribution in [0, 0.1) is 38.7 Å². The van der Waals surface area contributed by atoms with Crippen LogP contribution in [0.2, 0.25) is 0 Å². The summed E-state index contributed by atoms with van der Waals surface area (Å²) in [6, 6.07) is 18.1. The Morgan fingerprint density at radius 2 is 1.57 bits per heavy atom. The van der Waals surface area contributed by atoms with Crippen molar-refractivity contribution in [2.24, 2.45) is 11.8 Å². The predicted molar refractivity (Wildman–Crippen MR) is 144 cm³/mol. The van der Waals surface area contributed by atoms with Crippen LogP contribution in [-0.2, 0) is 24.9 Å². The maximum Gasteiger partial charge on any atom is 0.162 e. The number of pyridine rings is 1. The van der Waals surface area contributed by atoms with E-state index >= 15 is 0 Å². The molecule has 3 nitrogen and oxygen atoms in total. The first-order chi connectivity index (χ1) is 16.2. The van der Waals surface area contributed by atoms with Gasteiger partial charge in [-0.3, -0.25) is 9.78 Å². The average Bonchev–Trinajstić information content (AvgIpc) is 2.80. The summed E-state index contributed by atoms with van der Waals surface area (Å²) in [5, 5.41) is 11.0. The van der Waals surface area contributed by atoms with Crippen molar-refractivity contribution in [3.8, 4) is 11.3 Å². The summed E-state index contributed by atoms with van der Waals surface area (Å²) in [5.74, 6) is 0.547. The van der Waals surface area contributed by atoms with E-state index in [0.717, 1.165) is 48.0 Å². The molecule has 191 valence electrons. The third kappa shape index (κ3) is 8.70. The Balaban J connectivity index is 0.000000352. The molecule has 0 spiro atoms. The van der Waals surface area contributed by atoms with Gasteiger partial charge in [-0.15, -0.1) is 34.9 Å². The summed E-state index contributed by atoms with van der Waals surface area (Å²) >= 11 is 0. The quantitative estimate of drug-likeness (QED) is 0.151. The van der Waals surface area contributed by atoms with Crippen LogP contribution in [0.25, 0.3) is 22.2 Å². The van der Waals surface area contributed by atoms with Crippen molar-refractivity contribution in [3.63, 3.8) is 0 Å². The Labute approximate surface area is 225 Å². The van der Waals surface area contributed by atoms with Gasteiger partial charge in [0.2, 0.25) is 0 Å². The summed E-state index contributed by atoms with van der Waals surface area (Å²) in [5.41, 5.74) is 6.77. The molecule has 0 saturated heterocycles. The molecule has 3 aromatic rings. The van der Waals surface area contributed by atoms with Gasteiger partial charge in [-0.25, -0.2) is 0 Å². The van der Waals surface area contributed by atoms with Gasteiger partial charge in [-0.1, -0.05) is 65.8 Å². The molecule has 0 amide bonds. The number of aliphatic hydroxyl groups is 1. The molecule has 4 heteroatoms. The average molecular weight is 651 g/mol. The number of carbonyl (C=O) groups is 1. The van der Waals surface area contributed by atoms with Crippen molar-refractivity contribution < 1.29 is 30.0 Å². The number of nitrogens with zero attached hydrogens (tertiary/aromatic N) is 1. The number of rotatable bonds is 8. The Morgan fingerprint density at radius 3 is 2.14 bits per heavy atom. The van der Waals surface area contributed by atoms with E-state index < -0.39 is 0 Å². The van der Waals surface area contributed by atoms with Crippen LogP contribution in [0.3, 0.4) is 0 Å². The third-order valence-corrected chi connectivity index (χ3v) is 6.46. The standard InChI is InChI=1S/C18H16N.C13H24O2.Ir/c1-12-9-13(2)11-15(10-12)17-8-7-16-14(3)5-4-6-18(16)19-17;1-5-10(6-2)12(14)9-13(15)11(7-3)8-4;/h4-10H,1-3H3;9-11,14H,5-8H2,1-4H3;/q-1;;/b;12-9-;.